The van der Waals surface area contributed by atoms with Crippen LogP contribution >= 0.6 is 0 Å². The standard InChI is InChI=1S/C19H24N4O4/c24-10-14-6-13(8-21-14)20-7-11-1-2-12-9-23(19(27)15(12)5-11)16-3-4-17(25)22-18(16)26/h1-2,5,13-14,16,20-21,24H,3-4,6-10H2,(H,22,25,26)/t13-,14-,16?/m0/s1. The lowest BCUT2D eigenvalue weighted by molar-refractivity contribution is -0.136. The van der Waals surface area contributed by atoms with Gasteiger partial charge in [-0.1, -0.05) is 12.1 Å². The number of amides is 3. The van der Waals surface area contributed by atoms with Crippen LogP contribution in [0.3, 0.4) is 0 Å². The molecule has 3 amide bonds. The van der Waals surface area contributed by atoms with Crippen molar-refractivity contribution in [1.82, 2.24) is 20.9 Å². The van der Waals surface area contributed by atoms with Gasteiger partial charge in [-0.25, -0.2) is 0 Å². The molecule has 1 aromatic rings. The van der Waals surface area contributed by atoms with Gasteiger partial charge in [0.2, 0.25) is 11.8 Å². The summed E-state index contributed by atoms with van der Waals surface area (Å²) in [6.07, 6.45) is 1.51. The van der Waals surface area contributed by atoms with Crippen molar-refractivity contribution in [3.8, 4) is 0 Å². The van der Waals surface area contributed by atoms with Gasteiger partial charge >= 0.3 is 0 Å². The van der Waals surface area contributed by atoms with Crippen molar-refractivity contribution in [2.45, 2.75) is 50.5 Å². The second-order valence-corrected chi connectivity index (χ2v) is 7.49. The highest BCUT2D eigenvalue weighted by Crippen LogP contribution is 2.28. The smallest absolute Gasteiger partial charge is 0.255 e. The molecule has 4 N–H and O–H groups in total. The van der Waals surface area contributed by atoms with Crippen molar-refractivity contribution >= 4 is 17.7 Å². The number of imide groups is 1. The molecule has 144 valence electrons. The Labute approximate surface area is 157 Å². The zero-order valence-electron chi connectivity index (χ0n) is 15.0. The maximum absolute atomic E-state index is 12.8. The third-order valence-corrected chi connectivity index (χ3v) is 5.63. The van der Waals surface area contributed by atoms with E-state index in [0.717, 1.165) is 24.1 Å². The van der Waals surface area contributed by atoms with E-state index < -0.39 is 6.04 Å². The zero-order chi connectivity index (χ0) is 19.0. The molecule has 4 rings (SSSR count). The van der Waals surface area contributed by atoms with E-state index in [0.29, 0.717) is 31.1 Å². The van der Waals surface area contributed by atoms with Crippen LogP contribution in [0.4, 0.5) is 0 Å². The van der Waals surface area contributed by atoms with E-state index in [1.54, 1.807) is 4.90 Å². The van der Waals surface area contributed by atoms with Crippen molar-refractivity contribution in [3.63, 3.8) is 0 Å². The van der Waals surface area contributed by atoms with Gasteiger partial charge in [-0.05, 0) is 30.0 Å². The van der Waals surface area contributed by atoms with Crippen LogP contribution in [0.25, 0.3) is 0 Å². The highest BCUT2D eigenvalue weighted by molar-refractivity contribution is 6.05. The Morgan fingerprint density at radius 3 is 2.85 bits per heavy atom. The number of aliphatic hydroxyl groups excluding tert-OH is 1. The lowest BCUT2D eigenvalue weighted by Crippen LogP contribution is -2.52. The van der Waals surface area contributed by atoms with Crippen LogP contribution in [-0.4, -0.2) is 59.0 Å². The maximum Gasteiger partial charge on any atom is 0.255 e. The zero-order valence-corrected chi connectivity index (χ0v) is 15.0. The van der Waals surface area contributed by atoms with E-state index in [9.17, 15) is 19.5 Å². The first-order valence-corrected chi connectivity index (χ1v) is 9.39. The van der Waals surface area contributed by atoms with Gasteiger partial charge in [0, 0.05) is 43.7 Å². The van der Waals surface area contributed by atoms with Crippen molar-refractivity contribution in [2.24, 2.45) is 0 Å². The summed E-state index contributed by atoms with van der Waals surface area (Å²) in [5.41, 5.74) is 2.56. The number of benzene rings is 1. The highest BCUT2D eigenvalue weighted by Gasteiger charge is 2.39. The topological polar surface area (TPSA) is 111 Å². The largest absolute Gasteiger partial charge is 0.395 e. The van der Waals surface area contributed by atoms with Crippen molar-refractivity contribution in [2.75, 3.05) is 13.2 Å². The van der Waals surface area contributed by atoms with Crippen LogP contribution in [-0.2, 0) is 22.7 Å². The van der Waals surface area contributed by atoms with Crippen LogP contribution < -0.4 is 16.0 Å². The lowest BCUT2D eigenvalue weighted by atomic mass is 10.0. The van der Waals surface area contributed by atoms with Gasteiger partial charge in [0.1, 0.15) is 6.04 Å². The number of carbonyl (C=O) groups excluding carboxylic acids is 3. The van der Waals surface area contributed by atoms with Gasteiger partial charge < -0.3 is 20.6 Å². The summed E-state index contributed by atoms with van der Waals surface area (Å²) in [6.45, 7) is 2.00. The van der Waals surface area contributed by atoms with E-state index in [2.05, 4.69) is 16.0 Å². The van der Waals surface area contributed by atoms with Gasteiger partial charge in [0.05, 0.1) is 6.61 Å². The number of fused-ring (bicyclic) bond motifs is 1. The van der Waals surface area contributed by atoms with Crippen LogP contribution in [0.5, 0.6) is 0 Å². The molecule has 0 spiro atoms. The molecule has 0 saturated carbocycles. The summed E-state index contributed by atoms with van der Waals surface area (Å²) in [7, 11) is 0. The fourth-order valence-electron chi connectivity index (χ4n) is 4.09. The van der Waals surface area contributed by atoms with Crippen molar-refractivity contribution in [1.29, 1.82) is 0 Å². The van der Waals surface area contributed by atoms with Crippen LogP contribution in [0, 0.1) is 0 Å². The molecule has 0 radical (unpaired) electrons. The molecule has 3 aliphatic heterocycles. The maximum atomic E-state index is 12.8. The van der Waals surface area contributed by atoms with E-state index in [-0.39, 0.29) is 36.8 Å². The van der Waals surface area contributed by atoms with Gasteiger partial charge in [0.25, 0.3) is 5.91 Å². The first-order chi connectivity index (χ1) is 13.0. The van der Waals surface area contributed by atoms with Gasteiger partial charge in [-0.2, -0.15) is 0 Å². The molecule has 27 heavy (non-hydrogen) atoms. The predicted octanol–water partition coefficient (Wildman–Crippen LogP) is -0.740. The molecule has 3 heterocycles. The Morgan fingerprint density at radius 1 is 1.26 bits per heavy atom. The monoisotopic (exact) mass is 372 g/mol. The van der Waals surface area contributed by atoms with E-state index >= 15 is 0 Å². The average Bonchev–Trinajstić information content (AvgIpc) is 3.25. The van der Waals surface area contributed by atoms with Crippen LogP contribution in [0.15, 0.2) is 18.2 Å². The number of rotatable bonds is 5. The molecule has 0 aromatic heterocycles. The minimum atomic E-state index is -0.579. The third kappa shape index (κ3) is 3.60. The summed E-state index contributed by atoms with van der Waals surface area (Å²) in [5, 5.41) is 18.2. The average molecular weight is 372 g/mol. The SMILES string of the molecule is O=C1CCC(N2Cc3ccc(CN[C@@H]4CN[C@H](CO)C4)cc3C2=O)C(=O)N1. The predicted molar refractivity (Wildman–Crippen MR) is 96.6 cm³/mol. The van der Waals surface area contributed by atoms with Gasteiger partial charge in [-0.15, -0.1) is 0 Å². The molecule has 2 saturated heterocycles. The molecule has 1 unspecified atom stereocenters. The minimum Gasteiger partial charge on any atom is -0.395 e. The molecule has 8 heteroatoms. The normalized spacial score (nSPS) is 27.8. The first-order valence-electron chi connectivity index (χ1n) is 9.39. The van der Waals surface area contributed by atoms with Gasteiger partial charge in [-0.3, -0.25) is 19.7 Å². The van der Waals surface area contributed by atoms with E-state index in [1.807, 2.05) is 18.2 Å². The van der Waals surface area contributed by atoms with E-state index in [1.165, 1.54) is 0 Å². The summed E-state index contributed by atoms with van der Waals surface area (Å²) >= 11 is 0. The Hall–Kier alpha value is -2.29. The van der Waals surface area contributed by atoms with Gasteiger partial charge in [0.15, 0.2) is 0 Å². The van der Waals surface area contributed by atoms with Crippen LogP contribution in [0.2, 0.25) is 0 Å². The number of hydrogen-bond donors (Lipinski definition) is 4. The Morgan fingerprint density at radius 2 is 2.11 bits per heavy atom. The van der Waals surface area contributed by atoms with Crippen molar-refractivity contribution < 1.29 is 19.5 Å². The summed E-state index contributed by atoms with van der Waals surface area (Å²) in [6, 6.07) is 5.70. The number of hydrogen-bond acceptors (Lipinski definition) is 6. The Balaban J connectivity index is 1.41. The van der Waals surface area contributed by atoms with E-state index in [4.69, 9.17) is 0 Å². The molecular weight excluding hydrogens is 348 g/mol. The summed E-state index contributed by atoms with van der Waals surface area (Å²) in [5.74, 6) is -0.815. The fraction of sp³-hybridized carbons (Fsp3) is 0.526. The number of piperidine rings is 1. The number of aliphatic hydroxyl groups is 1. The number of carbonyl (C=O) groups is 3. The first kappa shape index (κ1) is 18.1. The summed E-state index contributed by atoms with van der Waals surface area (Å²) < 4.78 is 0. The number of nitrogens with zero attached hydrogens (tertiary/aromatic N) is 1. The molecule has 2 fully saturated rings. The molecule has 3 atom stereocenters. The molecule has 3 aliphatic rings. The number of nitrogens with one attached hydrogen (secondary N) is 3. The highest BCUT2D eigenvalue weighted by atomic mass is 16.3. The quantitative estimate of drug-likeness (QED) is 0.507. The minimum absolute atomic E-state index is 0.141. The molecule has 1 aromatic carbocycles. The molecular formula is C19H24N4O4. The van der Waals surface area contributed by atoms with Crippen molar-refractivity contribution in [3.05, 3.63) is 34.9 Å². The molecule has 8 nitrogen and oxygen atoms in total. The second kappa shape index (κ2) is 7.38. The lowest BCUT2D eigenvalue weighted by Gasteiger charge is -2.29. The molecule has 0 bridgehead atoms. The Kier molecular flexibility index (Phi) is 4.94. The summed E-state index contributed by atoms with van der Waals surface area (Å²) in [4.78, 5) is 37.8. The fourth-order valence-corrected chi connectivity index (χ4v) is 4.09. The second-order valence-electron chi connectivity index (χ2n) is 7.49. The van der Waals surface area contributed by atoms with Crippen LogP contribution in [0.1, 0.15) is 40.7 Å². The third-order valence-electron chi connectivity index (χ3n) is 5.63. The molecule has 0 aliphatic carbocycles. The Bertz CT molecular complexity index is 781.